The van der Waals surface area contributed by atoms with E-state index >= 15 is 0 Å². The number of hydrogen-bond acceptors (Lipinski definition) is 0. The molecular formula is C18H27FeP. The van der Waals surface area contributed by atoms with Gasteiger partial charge in [0.1, 0.15) is 0 Å². The molecule has 0 aromatic heterocycles. The Balaban J connectivity index is 0.000000345. The molecule has 0 saturated heterocycles. The van der Waals surface area contributed by atoms with Gasteiger partial charge < -0.3 is 0 Å². The Morgan fingerprint density at radius 3 is 1.65 bits per heavy atom. The van der Waals surface area contributed by atoms with Gasteiger partial charge in [-0.05, 0) is 5.41 Å². The molecule has 0 spiro atoms. The minimum Gasteiger partial charge on any atom is -0.213 e. The fraction of sp³-hybridized carbons (Fsp3) is 0.444. The topological polar surface area (TPSA) is 0 Å². The number of hydrogen-bond donors (Lipinski definition) is 0. The van der Waals surface area contributed by atoms with Gasteiger partial charge in [0.15, 0.2) is 0 Å². The van der Waals surface area contributed by atoms with Crippen molar-refractivity contribution >= 4 is 14.5 Å². The predicted octanol–water partition coefficient (Wildman–Crippen LogP) is 4.90. The van der Waals surface area contributed by atoms with E-state index in [-0.39, 0.29) is 17.1 Å². The molecule has 0 aliphatic rings. The fourth-order valence-corrected chi connectivity index (χ4v) is 2.63. The second-order valence-corrected chi connectivity index (χ2v) is 7.69. The molecule has 1 unspecified atom stereocenters. The van der Waals surface area contributed by atoms with E-state index in [1.165, 1.54) is 16.4 Å². The van der Waals surface area contributed by atoms with Crippen LogP contribution in [0.3, 0.4) is 0 Å². The molecule has 20 heavy (non-hydrogen) atoms. The monoisotopic (exact) mass is 330 g/mol. The Labute approximate surface area is 137 Å². The van der Waals surface area contributed by atoms with Crippen molar-refractivity contribution in [2.75, 3.05) is 0 Å². The summed E-state index contributed by atoms with van der Waals surface area (Å²) in [6, 6.07) is 14.9. The smallest absolute Gasteiger partial charge is 0.213 e. The molecular weight excluding hydrogens is 303 g/mol. The van der Waals surface area contributed by atoms with Crippen LogP contribution in [-0.4, -0.2) is 0 Å². The van der Waals surface area contributed by atoms with Crippen molar-refractivity contribution in [1.29, 1.82) is 0 Å². The minimum atomic E-state index is 0. The van der Waals surface area contributed by atoms with E-state index in [4.69, 9.17) is 0 Å². The summed E-state index contributed by atoms with van der Waals surface area (Å²) in [6.45, 7) is 13.4. The van der Waals surface area contributed by atoms with Crippen molar-refractivity contribution in [2.24, 2.45) is 0 Å². The van der Waals surface area contributed by atoms with E-state index in [1.807, 2.05) is 0 Å². The largest absolute Gasteiger partial charge is 2.00 e. The van der Waals surface area contributed by atoms with E-state index in [2.05, 4.69) is 93.2 Å². The van der Waals surface area contributed by atoms with Crippen LogP contribution in [0.25, 0.3) is 0 Å². The summed E-state index contributed by atoms with van der Waals surface area (Å²) in [4.78, 5) is 0. The van der Waals surface area contributed by atoms with Crippen LogP contribution in [0.2, 0.25) is 0 Å². The van der Waals surface area contributed by atoms with Crippen LogP contribution in [-0.2, 0) is 27.9 Å². The van der Waals surface area contributed by atoms with Crippen LogP contribution >= 0.6 is 9.24 Å². The Morgan fingerprint density at radius 2 is 1.45 bits per heavy atom. The third-order valence-electron chi connectivity index (χ3n) is 3.19. The molecule has 0 heterocycles. The fourth-order valence-electron chi connectivity index (χ4n) is 1.99. The first-order valence-corrected chi connectivity index (χ1v) is 7.44. The molecule has 2 aromatic carbocycles. The van der Waals surface area contributed by atoms with Crippen LogP contribution in [0, 0.1) is 0 Å². The van der Waals surface area contributed by atoms with Gasteiger partial charge >= 0.3 is 17.1 Å². The van der Waals surface area contributed by atoms with Crippen molar-refractivity contribution in [1.82, 2.24) is 0 Å². The van der Waals surface area contributed by atoms with Gasteiger partial charge in [0.25, 0.3) is 0 Å². The third-order valence-corrected chi connectivity index (χ3v) is 3.69. The van der Waals surface area contributed by atoms with Gasteiger partial charge in [-0.3, -0.25) is 0 Å². The quantitative estimate of drug-likeness (QED) is 0.366. The second kappa shape index (κ2) is 7.60. The maximum absolute atomic E-state index is 2.76. The van der Waals surface area contributed by atoms with Gasteiger partial charge in [0.2, 0.25) is 0 Å². The normalized spacial score (nSPS) is 11.3. The average molecular weight is 330 g/mol. The Kier molecular flexibility index (Phi) is 7.47. The van der Waals surface area contributed by atoms with E-state index in [9.17, 15) is 0 Å². The third kappa shape index (κ3) is 5.96. The summed E-state index contributed by atoms with van der Waals surface area (Å²) in [6.07, 6.45) is 0. The molecule has 0 radical (unpaired) electrons. The van der Waals surface area contributed by atoms with Gasteiger partial charge in [-0.1, -0.05) is 47.0 Å². The van der Waals surface area contributed by atoms with Crippen molar-refractivity contribution in [3.8, 4) is 0 Å². The summed E-state index contributed by atoms with van der Waals surface area (Å²) in [5.41, 5.74) is 3.46. The summed E-state index contributed by atoms with van der Waals surface area (Å²) in [5.74, 6) is 0. The average Bonchev–Trinajstić information content (AvgIpc) is 2.84. The summed E-state index contributed by atoms with van der Waals surface area (Å²) in [7, 11) is 2.76. The summed E-state index contributed by atoms with van der Waals surface area (Å²) < 4.78 is 0. The van der Waals surface area contributed by atoms with Crippen molar-refractivity contribution in [3.05, 3.63) is 53.6 Å². The molecule has 2 heteroatoms. The molecule has 0 bridgehead atoms. The maximum Gasteiger partial charge on any atom is 2.00 e. The zero-order valence-electron chi connectivity index (χ0n) is 13.5. The molecule has 0 nitrogen and oxygen atoms in total. The van der Waals surface area contributed by atoms with Crippen LogP contribution in [0.1, 0.15) is 52.7 Å². The van der Waals surface area contributed by atoms with Gasteiger partial charge in [-0.15, -0.1) is 14.5 Å². The van der Waals surface area contributed by atoms with Gasteiger partial charge in [-0.2, -0.15) is 35.4 Å². The molecule has 0 aliphatic heterocycles. The van der Waals surface area contributed by atoms with E-state index in [0.29, 0.717) is 10.8 Å². The van der Waals surface area contributed by atoms with Crippen molar-refractivity contribution < 1.29 is 17.1 Å². The first-order valence-electron chi connectivity index (χ1n) is 6.86. The first kappa shape index (κ1) is 19.6. The molecule has 0 saturated carbocycles. The molecule has 2 aromatic rings. The maximum atomic E-state index is 2.76. The molecule has 1 atom stereocenters. The molecule has 2 rings (SSSR count). The predicted molar refractivity (Wildman–Crippen MR) is 90.8 cm³/mol. The van der Waals surface area contributed by atoms with Gasteiger partial charge in [-0.25, -0.2) is 18.2 Å². The van der Waals surface area contributed by atoms with Crippen LogP contribution in [0.5, 0.6) is 0 Å². The standard InChI is InChI=1S/C9H14P.C9H13.Fe/c1-9(2,3)7-5-4-6-8(7)10;1-9(2,3)8-6-4-5-7-8;/h4-6H,10H2,1-3H3;4-7H,1-3H3;/q2*-1;+2. The van der Waals surface area contributed by atoms with Gasteiger partial charge in [0.05, 0.1) is 0 Å². The zero-order chi connectivity index (χ0) is 14.7. The van der Waals surface area contributed by atoms with E-state index in [0.717, 1.165) is 0 Å². The molecule has 112 valence electrons. The minimum absolute atomic E-state index is 0. The second-order valence-electron chi connectivity index (χ2n) is 7.07. The Bertz CT molecular complexity index is 478. The van der Waals surface area contributed by atoms with Crippen molar-refractivity contribution in [3.63, 3.8) is 0 Å². The molecule has 0 fully saturated rings. The van der Waals surface area contributed by atoms with Crippen LogP contribution in [0.15, 0.2) is 42.5 Å². The van der Waals surface area contributed by atoms with Gasteiger partial charge in [0, 0.05) is 0 Å². The Morgan fingerprint density at radius 1 is 0.850 bits per heavy atom. The van der Waals surface area contributed by atoms with Crippen LogP contribution in [0.4, 0.5) is 0 Å². The molecule has 0 amide bonds. The van der Waals surface area contributed by atoms with Crippen molar-refractivity contribution in [2.45, 2.75) is 52.4 Å². The molecule has 0 N–H and O–H groups in total. The Hall–Kier alpha value is -0.351. The van der Waals surface area contributed by atoms with Crippen LogP contribution < -0.4 is 5.30 Å². The first-order chi connectivity index (χ1) is 8.62. The van der Waals surface area contributed by atoms with E-state index in [1.54, 1.807) is 0 Å². The van der Waals surface area contributed by atoms with E-state index < -0.39 is 0 Å². The summed E-state index contributed by atoms with van der Waals surface area (Å²) >= 11 is 0. The SMILES string of the molecule is CC(C)(C)c1cc[cH-]c1P.CC(C)(C)c1ccc[cH-]1.[Fe+2]. The summed E-state index contributed by atoms with van der Waals surface area (Å²) in [5, 5.41) is 1.33. The molecule has 0 aliphatic carbocycles. The number of rotatable bonds is 0. The zero-order valence-corrected chi connectivity index (χ0v) is 15.7.